The molecule has 0 saturated heterocycles. The molecule has 0 bridgehead atoms. The van der Waals surface area contributed by atoms with Crippen molar-refractivity contribution >= 4 is 35.4 Å². The fraction of sp³-hybridized carbons (Fsp3) is 0. The van der Waals surface area contributed by atoms with Crippen molar-refractivity contribution in [2.24, 2.45) is 5.16 Å². The second-order valence-electron chi connectivity index (χ2n) is 3.98. The standard InChI is InChI=1S/C15H11ClN2O3/c16-12-6-8-13(9-7-12)18-15(20)21-17-10-14(19)11-4-2-1-3-5-11/h1-10H,(H,18,20)/b17-10+. The van der Waals surface area contributed by atoms with Crippen molar-refractivity contribution < 1.29 is 14.4 Å². The summed E-state index contributed by atoms with van der Waals surface area (Å²) in [6.07, 6.45) is 0.144. The van der Waals surface area contributed by atoms with Crippen LogP contribution in [0.1, 0.15) is 10.4 Å². The van der Waals surface area contributed by atoms with Gasteiger partial charge in [-0.15, -0.1) is 0 Å². The molecule has 0 spiro atoms. The molecule has 1 amide bonds. The minimum Gasteiger partial charge on any atom is -0.298 e. The first-order valence-corrected chi connectivity index (χ1v) is 6.39. The van der Waals surface area contributed by atoms with Gasteiger partial charge in [0.2, 0.25) is 5.78 Å². The van der Waals surface area contributed by atoms with Gasteiger partial charge in [-0.2, -0.15) is 0 Å². The number of hydrogen-bond donors (Lipinski definition) is 1. The average Bonchev–Trinajstić information content (AvgIpc) is 2.50. The Balaban J connectivity index is 1.85. The lowest BCUT2D eigenvalue weighted by Crippen LogP contribution is -2.11. The number of anilines is 1. The molecular weight excluding hydrogens is 292 g/mol. The van der Waals surface area contributed by atoms with Gasteiger partial charge in [0, 0.05) is 16.3 Å². The summed E-state index contributed by atoms with van der Waals surface area (Å²) in [5.74, 6) is -0.352. The van der Waals surface area contributed by atoms with Gasteiger partial charge >= 0.3 is 6.09 Å². The fourth-order valence-electron chi connectivity index (χ4n) is 1.47. The minimum absolute atomic E-state index is 0.352. The highest BCUT2D eigenvalue weighted by Crippen LogP contribution is 2.13. The average molecular weight is 303 g/mol. The van der Waals surface area contributed by atoms with Crippen molar-refractivity contribution in [2.45, 2.75) is 0 Å². The summed E-state index contributed by atoms with van der Waals surface area (Å²) in [6.45, 7) is 0. The van der Waals surface area contributed by atoms with Gasteiger partial charge in [0.1, 0.15) is 6.21 Å². The zero-order valence-electron chi connectivity index (χ0n) is 10.8. The Hall–Kier alpha value is -2.66. The lowest BCUT2D eigenvalue weighted by Gasteiger charge is -2.02. The Labute approximate surface area is 126 Å². The maximum absolute atomic E-state index is 11.6. The van der Waals surface area contributed by atoms with Crippen molar-refractivity contribution in [2.75, 3.05) is 5.32 Å². The number of nitrogens with zero attached hydrogens (tertiary/aromatic N) is 1. The molecular formula is C15H11ClN2O3. The third kappa shape index (κ3) is 4.74. The van der Waals surface area contributed by atoms with Crippen molar-refractivity contribution in [3.8, 4) is 0 Å². The van der Waals surface area contributed by atoms with Gasteiger partial charge in [-0.3, -0.25) is 14.9 Å². The molecule has 0 heterocycles. The molecule has 0 saturated carbocycles. The molecule has 5 nitrogen and oxygen atoms in total. The minimum atomic E-state index is -0.797. The molecule has 0 fully saturated rings. The highest BCUT2D eigenvalue weighted by Gasteiger charge is 2.04. The zero-order chi connectivity index (χ0) is 15.1. The Morgan fingerprint density at radius 2 is 1.71 bits per heavy atom. The van der Waals surface area contributed by atoms with Crippen LogP contribution >= 0.6 is 11.6 Å². The molecule has 106 valence electrons. The quantitative estimate of drug-likeness (QED) is 0.405. The summed E-state index contributed by atoms with van der Waals surface area (Å²) in [5.41, 5.74) is 0.969. The van der Waals surface area contributed by atoms with Gasteiger partial charge in [0.15, 0.2) is 0 Å². The zero-order valence-corrected chi connectivity index (χ0v) is 11.6. The fourth-order valence-corrected chi connectivity index (χ4v) is 1.60. The number of carbonyl (C=O) groups is 2. The highest BCUT2D eigenvalue weighted by molar-refractivity contribution is 6.35. The summed E-state index contributed by atoms with van der Waals surface area (Å²) in [5, 5.41) is 6.34. The third-order valence-corrected chi connectivity index (χ3v) is 2.71. The lowest BCUT2D eigenvalue weighted by atomic mass is 10.1. The van der Waals surface area contributed by atoms with Gasteiger partial charge in [0.05, 0.1) is 0 Å². The second-order valence-corrected chi connectivity index (χ2v) is 4.41. The molecule has 0 unspecified atom stereocenters. The Kier molecular flexibility index (Phi) is 5.06. The van der Waals surface area contributed by atoms with E-state index in [1.165, 1.54) is 0 Å². The molecule has 0 aliphatic carbocycles. The molecule has 6 heteroatoms. The van der Waals surface area contributed by atoms with Crippen LogP contribution in [-0.4, -0.2) is 18.1 Å². The van der Waals surface area contributed by atoms with E-state index in [1.807, 2.05) is 0 Å². The van der Waals surface area contributed by atoms with Crippen molar-refractivity contribution in [1.82, 2.24) is 0 Å². The monoisotopic (exact) mass is 302 g/mol. The third-order valence-electron chi connectivity index (χ3n) is 2.45. The van der Waals surface area contributed by atoms with E-state index < -0.39 is 6.09 Å². The molecule has 2 aromatic rings. The Morgan fingerprint density at radius 3 is 2.38 bits per heavy atom. The van der Waals surface area contributed by atoms with E-state index in [2.05, 4.69) is 15.3 Å². The molecule has 0 radical (unpaired) electrons. The van der Waals surface area contributed by atoms with Crippen molar-refractivity contribution in [3.63, 3.8) is 0 Å². The van der Waals surface area contributed by atoms with Crippen molar-refractivity contribution in [1.29, 1.82) is 0 Å². The van der Waals surface area contributed by atoms with E-state index in [4.69, 9.17) is 11.6 Å². The largest absolute Gasteiger partial charge is 0.437 e. The van der Waals surface area contributed by atoms with Crippen LogP contribution in [0.15, 0.2) is 59.8 Å². The summed E-state index contributed by atoms with van der Waals surface area (Å²) in [4.78, 5) is 27.6. The van der Waals surface area contributed by atoms with Crippen LogP contribution in [0.25, 0.3) is 0 Å². The van der Waals surface area contributed by atoms with E-state index in [0.29, 0.717) is 16.3 Å². The molecule has 0 aromatic heterocycles. The normalized spacial score (nSPS) is 10.3. The number of hydrogen-bond acceptors (Lipinski definition) is 4. The first-order valence-electron chi connectivity index (χ1n) is 6.01. The Morgan fingerprint density at radius 1 is 1.05 bits per heavy atom. The van der Waals surface area contributed by atoms with Gasteiger partial charge in [-0.25, -0.2) is 4.79 Å². The number of Topliss-reactive ketones (excluding diaryl/α,β-unsaturated/α-hetero) is 1. The van der Waals surface area contributed by atoms with E-state index in [0.717, 1.165) is 6.21 Å². The predicted molar refractivity (Wildman–Crippen MR) is 80.8 cm³/mol. The van der Waals surface area contributed by atoms with Gasteiger partial charge in [-0.1, -0.05) is 47.1 Å². The topological polar surface area (TPSA) is 67.8 Å². The van der Waals surface area contributed by atoms with E-state index in [1.54, 1.807) is 54.6 Å². The lowest BCUT2D eigenvalue weighted by molar-refractivity contribution is 0.106. The molecule has 1 N–H and O–H groups in total. The van der Waals surface area contributed by atoms with Crippen LogP contribution < -0.4 is 5.32 Å². The molecule has 0 aliphatic rings. The van der Waals surface area contributed by atoms with E-state index >= 15 is 0 Å². The van der Waals surface area contributed by atoms with Gasteiger partial charge in [0.25, 0.3) is 0 Å². The van der Waals surface area contributed by atoms with Gasteiger partial charge in [-0.05, 0) is 24.3 Å². The number of nitrogens with one attached hydrogen (secondary N) is 1. The van der Waals surface area contributed by atoms with Crippen molar-refractivity contribution in [3.05, 3.63) is 65.2 Å². The number of rotatable bonds is 4. The highest BCUT2D eigenvalue weighted by atomic mass is 35.5. The summed E-state index contributed by atoms with van der Waals surface area (Å²) >= 11 is 5.72. The molecule has 2 aromatic carbocycles. The SMILES string of the molecule is O=C(Nc1ccc(Cl)cc1)O/N=C/C(=O)c1ccccc1. The number of halogens is 1. The molecule has 0 atom stereocenters. The van der Waals surface area contributed by atoms with Crippen LogP contribution in [0.5, 0.6) is 0 Å². The summed E-state index contributed by atoms with van der Waals surface area (Å²) in [7, 11) is 0. The van der Waals surface area contributed by atoms with Crippen LogP contribution in [0.4, 0.5) is 10.5 Å². The maximum Gasteiger partial charge on any atom is 0.437 e. The first-order chi connectivity index (χ1) is 10.1. The first kappa shape index (κ1) is 14.7. The maximum atomic E-state index is 11.6. The molecule has 0 aliphatic heterocycles. The van der Waals surface area contributed by atoms with Crippen LogP contribution in [0, 0.1) is 0 Å². The van der Waals surface area contributed by atoms with Crippen LogP contribution in [0.3, 0.4) is 0 Å². The van der Waals surface area contributed by atoms with Gasteiger partial charge < -0.3 is 0 Å². The second kappa shape index (κ2) is 7.21. The van der Waals surface area contributed by atoms with Crippen LogP contribution in [-0.2, 0) is 4.84 Å². The predicted octanol–water partition coefficient (Wildman–Crippen LogP) is 3.76. The number of amides is 1. The van der Waals surface area contributed by atoms with E-state index in [-0.39, 0.29) is 5.78 Å². The number of benzene rings is 2. The van der Waals surface area contributed by atoms with Crippen LogP contribution in [0.2, 0.25) is 5.02 Å². The smallest absolute Gasteiger partial charge is 0.298 e. The Bertz CT molecular complexity index is 654. The summed E-state index contributed by atoms with van der Waals surface area (Å²) < 4.78 is 0. The summed E-state index contributed by atoms with van der Waals surface area (Å²) in [6, 6.07) is 15.0. The number of ketones is 1. The molecule has 2 rings (SSSR count). The van der Waals surface area contributed by atoms with E-state index in [9.17, 15) is 9.59 Å². The number of carbonyl (C=O) groups excluding carboxylic acids is 2. The number of oxime groups is 1. The molecule has 21 heavy (non-hydrogen) atoms.